The molecule has 0 bridgehead atoms. The monoisotopic (exact) mass is 129 g/mol. The predicted molar refractivity (Wildman–Crippen MR) is 34.7 cm³/mol. The number of esters is 1. The van der Waals surface area contributed by atoms with Crippen molar-refractivity contribution in [2.75, 3.05) is 6.61 Å². The lowest BCUT2D eigenvalue weighted by atomic mass is 10.3. The molecule has 0 radical (unpaired) electrons. The van der Waals surface area contributed by atoms with Gasteiger partial charge in [0.2, 0.25) is 0 Å². The van der Waals surface area contributed by atoms with E-state index in [1.807, 2.05) is 6.92 Å². The van der Waals surface area contributed by atoms with Crippen LogP contribution in [0.5, 0.6) is 0 Å². The van der Waals surface area contributed by atoms with Crippen molar-refractivity contribution < 1.29 is 9.53 Å². The highest BCUT2D eigenvalue weighted by Gasteiger charge is 1.96. The molecular weight excluding hydrogens is 118 g/mol. The molecule has 0 aliphatic heterocycles. The molecule has 0 aliphatic carbocycles. The van der Waals surface area contributed by atoms with Crippen molar-refractivity contribution >= 4 is 12.2 Å². The molecule has 0 spiro atoms. The lowest BCUT2D eigenvalue weighted by Gasteiger charge is -1.96. The van der Waals surface area contributed by atoms with E-state index < -0.39 is 0 Å². The number of ether oxygens (including phenoxy) is 1. The van der Waals surface area contributed by atoms with Crippen LogP contribution in [0.1, 0.15) is 19.8 Å². The maximum absolute atomic E-state index is 10.5. The molecule has 0 aromatic rings. The Morgan fingerprint density at radius 3 is 2.89 bits per heavy atom. The maximum Gasteiger partial charge on any atom is 0.306 e. The second kappa shape index (κ2) is 5.28. The molecule has 0 atom stereocenters. The molecule has 0 fully saturated rings. The van der Waals surface area contributed by atoms with Gasteiger partial charge >= 0.3 is 5.97 Å². The van der Waals surface area contributed by atoms with Crippen LogP contribution in [-0.4, -0.2) is 18.8 Å². The van der Waals surface area contributed by atoms with Gasteiger partial charge in [0.05, 0.1) is 0 Å². The summed E-state index contributed by atoms with van der Waals surface area (Å²) in [7, 11) is 0. The summed E-state index contributed by atoms with van der Waals surface area (Å²) in [5.41, 5.74) is 0. The molecule has 0 amide bonds. The van der Waals surface area contributed by atoms with Crippen molar-refractivity contribution in [2.24, 2.45) is 0 Å². The number of nitrogens with one attached hydrogen (secondary N) is 1. The standard InChI is InChI=1S/C6H11NO2/c1-2-3-6(8)9-5-4-7/h4,7H,2-3,5H2,1H3. The first-order valence-corrected chi connectivity index (χ1v) is 2.95. The van der Waals surface area contributed by atoms with Gasteiger partial charge in [0.15, 0.2) is 0 Å². The maximum atomic E-state index is 10.5. The van der Waals surface area contributed by atoms with Crippen molar-refractivity contribution in [1.29, 1.82) is 5.41 Å². The third-order valence-corrected chi connectivity index (χ3v) is 0.782. The Kier molecular flexibility index (Phi) is 4.78. The molecule has 52 valence electrons. The molecule has 0 aromatic carbocycles. The molecule has 1 N–H and O–H groups in total. The first-order valence-electron chi connectivity index (χ1n) is 2.95. The van der Waals surface area contributed by atoms with Crippen molar-refractivity contribution in [3.05, 3.63) is 0 Å². The van der Waals surface area contributed by atoms with E-state index in [2.05, 4.69) is 4.74 Å². The van der Waals surface area contributed by atoms with Crippen LogP contribution in [0.2, 0.25) is 0 Å². The number of carbonyl (C=O) groups excluding carboxylic acids is 1. The average Bonchev–Trinajstić information content (AvgIpc) is 1.85. The normalized spacial score (nSPS) is 8.56. The lowest BCUT2D eigenvalue weighted by molar-refractivity contribution is -0.141. The summed E-state index contributed by atoms with van der Waals surface area (Å²) in [6, 6.07) is 0. The van der Waals surface area contributed by atoms with E-state index in [1.54, 1.807) is 0 Å². The Bertz CT molecular complexity index is 101. The fraction of sp³-hybridized carbons (Fsp3) is 0.667. The van der Waals surface area contributed by atoms with E-state index in [0.29, 0.717) is 6.42 Å². The van der Waals surface area contributed by atoms with Gasteiger partial charge in [-0.2, -0.15) is 0 Å². The average molecular weight is 129 g/mol. The van der Waals surface area contributed by atoms with Crippen molar-refractivity contribution in [1.82, 2.24) is 0 Å². The van der Waals surface area contributed by atoms with E-state index in [0.717, 1.165) is 12.6 Å². The first-order chi connectivity index (χ1) is 4.31. The minimum atomic E-state index is -0.221. The minimum absolute atomic E-state index is 0.110. The van der Waals surface area contributed by atoms with Gasteiger partial charge in [-0.3, -0.25) is 4.79 Å². The fourth-order valence-electron chi connectivity index (χ4n) is 0.411. The molecular formula is C6H11NO2. The van der Waals surface area contributed by atoms with E-state index in [4.69, 9.17) is 5.41 Å². The highest BCUT2D eigenvalue weighted by atomic mass is 16.5. The van der Waals surface area contributed by atoms with Crippen LogP contribution < -0.4 is 0 Å². The second-order valence-electron chi connectivity index (χ2n) is 1.64. The Hall–Kier alpha value is -0.860. The Morgan fingerprint density at radius 1 is 1.78 bits per heavy atom. The quantitative estimate of drug-likeness (QED) is 0.454. The molecule has 0 rings (SSSR count). The largest absolute Gasteiger partial charge is 0.460 e. The van der Waals surface area contributed by atoms with Crippen LogP contribution in [0, 0.1) is 5.41 Å². The van der Waals surface area contributed by atoms with Crippen LogP contribution in [0.15, 0.2) is 0 Å². The zero-order valence-corrected chi connectivity index (χ0v) is 5.52. The summed E-state index contributed by atoms with van der Waals surface area (Å²) in [6.07, 6.45) is 2.32. The summed E-state index contributed by atoms with van der Waals surface area (Å²) < 4.78 is 4.55. The Labute approximate surface area is 54.5 Å². The van der Waals surface area contributed by atoms with Crippen LogP contribution in [0.4, 0.5) is 0 Å². The third kappa shape index (κ3) is 5.00. The van der Waals surface area contributed by atoms with Gasteiger partial charge in [0, 0.05) is 12.6 Å². The van der Waals surface area contributed by atoms with Crippen LogP contribution in [0.25, 0.3) is 0 Å². The zero-order valence-electron chi connectivity index (χ0n) is 5.52. The van der Waals surface area contributed by atoms with Crippen LogP contribution >= 0.6 is 0 Å². The topological polar surface area (TPSA) is 50.2 Å². The highest BCUT2D eigenvalue weighted by Crippen LogP contribution is 1.88. The summed E-state index contributed by atoms with van der Waals surface area (Å²) in [5.74, 6) is -0.221. The summed E-state index contributed by atoms with van der Waals surface area (Å²) >= 11 is 0. The lowest BCUT2D eigenvalue weighted by Crippen LogP contribution is -2.04. The van der Waals surface area contributed by atoms with Gasteiger partial charge < -0.3 is 10.1 Å². The van der Waals surface area contributed by atoms with Gasteiger partial charge in [-0.15, -0.1) is 0 Å². The predicted octanol–water partition coefficient (Wildman–Crippen LogP) is 0.979. The summed E-state index contributed by atoms with van der Waals surface area (Å²) in [4.78, 5) is 10.5. The number of hydrogen-bond donors (Lipinski definition) is 1. The zero-order chi connectivity index (χ0) is 7.11. The molecule has 0 aromatic heterocycles. The summed E-state index contributed by atoms with van der Waals surface area (Å²) in [5, 5.41) is 6.53. The number of hydrogen-bond acceptors (Lipinski definition) is 3. The fourth-order valence-corrected chi connectivity index (χ4v) is 0.411. The molecule has 0 saturated carbocycles. The summed E-state index contributed by atoms with van der Waals surface area (Å²) in [6.45, 7) is 2.02. The first kappa shape index (κ1) is 8.14. The van der Waals surface area contributed by atoms with Gasteiger partial charge in [-0.05, 0) is 6.42 Å². The van der Waals surface area contributed by atoms with Crippen molar-refractivity contribution in [2.45, 2.75) is 19.8 Å². The Morgan fingerprint density at radius 2 is 2.44 bits per heavy atom. The molecule has 9 heavy (non-hydrogen) atoms. The van der Waals surface area contributed by atoms with Crippen LogP contribution in [0.3, 0.4) is 0 Å². The van der Waals surface area contributed by atoms with Gasteiger partial charge in [-0.25, -0.2) is 0 Å². The number of carbonyl (C=O) groups is 1. The van der Waals surface area contributed by atoms with E-state index in [1.165, 1.54) is 0 Å². The smallest absolute Gasteiger partial charge is 0.306 e. The third-order valence-electron chi connectivity index (χ3n) is 0.782. The molecule has 0 heterocycles. The van der Waals surface area contributed by atoms with Crippen molar-refractivity contribution in [3.63, 3.8) is 0 Å². The Balaban J connectivity index is 3.16. The van der Waals surface area contributed by atoms with E-state index in [9.17, 15) is 4.79 Å². The molecule has 3 nitrogen and oxygen atoms in total. The molecule has 3 heteroatoms. The van der Waals surface area contributed by atoms with E-state index in [-0.39, 0.29) is 12.6 Å². The number of rotatable bonds is 4. The van der Waals surface area contributed by atoms with Gasteiger partial charge in [0.1, 0.15) is 6.61 Å². The van der Waals surface area contributed by atoms with E-state index >= 15 is 0 Å². The van der Waals surface area contributed by atoms with Gasteiger partial charge in [0.25, 0.3) is 0 Å². The SMILES string of the molecule is CCCC(=O)OCC=N. The van der Waals surface area contributed by atoms with Crippen molar-refractivity contribution in [3.8, 4) is 0 Å². The highest BCUT2D eigenvalue weighted by molar-refractivity contribution is 5.71. The molecule has 0 unspecified atom stereocenters. The molecule has 0 aliphatic rings. The van der Waals surface area contributed by atoms with Crippen LogP contribution in [-0.2, 0) is 9.53 Å². The second-order valence-corrected chi connectivity index (χ2v) is 1.64. The van der Waals surface area contributed by atoms with Gasteiger partial charge in [-0.1, -0.05) is 6.92 Å². The minimum Gasteiger partial charge on any atom is -0.460 e. The molecule has 0 saturated heterocycles.